The van der Waals surface area contributed by atoms with Gasteiger partial charge in [-0.15, -0.1) is 0 Å². The SMILES string of the molecule is COc1ccc(Cn2cnc(=O)c3[nH]c(C(C)C)nc32)cc1OC1CCCC1. The Morgan fingerprint density at radius 2 is 2.04 bits per heavy atom. The van der Waals surface area contributed by atoms with Gasteiger partial charge in [-0.05, 0) is 43.4 Å². The number of imidazole rings is 1. The summed E-state index contributed by atoms with van der Waals surface area (Å²) < 4.78 is 13.6. The number of H-pyrrole nitrogens is 1. The highest BCUT2D eigenvalue weighted by atomic mass is 16.5. The summed E-state index contributed by atoms with van der Waals surface area (Å²) in [5, 5.41) is 0. The predicted octanol–water partition coefficient (Wildman–Crippen LogP) is 3.62. The summed E-state index contributed by atoms with van der Waals surface area (Å²) in [6, 6.07) is 5.94. The van der Waals surface area contributed by atoms with Crippen LogP contribution in [0.3, 0.4) is 0 Å². The molecule has 1 aromatic carbocycles. The number of nitrogens with one attached hydrogen (secondary N) is 1. The van der Waals surface area contributed by atoms with Crippen molar-refractivity contribution in [2.75, 3.05) is 7.11 Å². The van der Waals surface area contributed by atoms with Crippen LogP contribution in [-0.4, -0.2) is 32.7 Å². The highest BCUT2D eigenvalue weighted by Gasteiger charge is 2.19. The number of methoxy groups -OCH3 is 1. The van der Waals surface area contributed by atoms with E-state index in [4.69, 9.17) is 9.47 Å². The molecule has 28 heavy (non-hydrogen) atoms. The molecule has 0 bridgehead atoms. The first kappa shape index (κ1) is 18.5. The van der Waals surface area contributed by atoms with E-state index in [1.54, 1.807) is 13.4 Å². The Morgan fingerprint density at radius 1 is 1.25 bits per heavy atom. The lowest BCUT2D eigenvalue weighted by molar-refractivity contribution is 0.200. The van der Waals surface area contributed by atoms with Gasteiger partial charge in [-0.3, -0.25) is 4.79 Å². The summed E-state index contributed by atoms with van der Waals surface area (Å²) in [4.78, 5) is 23.8. The average Bonchev–Trinajstić information content (AvgIpc) is 3.35. The zero-order chi connectivity index (χ0) is 19.7. The van der Waals surface area contributed by atoms with Crippen LogP contribution in [0.5, 0.6) is 11.5 Å². The first-order chi connectivity index (χ1) is 13.5. The summed E-state index contributed by atoms with van der Waals surface area (Å²) in [6.45, 7) is 4.61. The normalized spacial score (nSPS) is 14.9. The van der Waals surface area contributed by atoms with Crippen molar-refractivity contribution in [3.63, 3.8) is 0 Å². The van der Waals surface area contributed by atoms with Gasteiger partial charge < -0.3 is 19.0 Å². The Hall–Kier alpha value is -2.83. The number of hydrogen-bond donors (Lipinski definition) is 1. The van der Waals surface area contributed by atoms with Gasteiger partial charge in [-0.2, -0.15) is 4.98 Å². The summed E-state index contributed by atoms with van der Waals surface area (Å²) in [5.41, 5.74) is 1.82. The van der Waals surface area contributed by atoms with Crippen LogP contribution < -0.4 is 15.0 Å². The molecule has 7 nitrogen and oxygen atoms in total. The number of ether oxygens (including phenoxy) is 2. The van der Waals surface area contributed by atoms with E-state index in [0.717, 1.165) is 35.7 Å². The Kier molecular flexibility index (Phi) is 5.07. The van der Waals surface area contributed by atoms with E-state index in [1.165, 1.54) is 12.8 Å². The molecular formula is C21H26N4O3. The minimum atomic E-state index is -0.286. The highest BCUT2D eigenvalue weighted by molar-refractivity contribution is 5.70. The van der Waals surface area contributed by atoms with Crippen molar-refractivity contribution in [2.45, 2.75) is 58.1 Å². The molecule has 0 amide bonds. The second kappa shape index (κ2) is 7.66. The summed E-state index contributed by atoms with van der Waals surface area (Å²) in [7, 11) is 1.66. The molecule has 1 fully saturated rings. The van der Waals surface area contributed by atoms with Gasteiger partial charge in [0.15, 0.2) is 22.7 Å². The first-order valence-electron chi connectivity index (χ1n) is 9.83. The zero-order valence-electron chi connectivity index (χ0n) is 16.6. The van der Waals surface area contributed by atoms with Crippen molar-refractivity contribution in [3.8, 4) is 11.5 Å². The molecule has 148 valence electrons. The third-order valence-electron chi connectivity index (χ3n) is 5.23. The third kappa shape index (κ3) is 3.61. The van der Waals surface area contributed by atoms with Gasteiger partial charge in [0, 0.05) is 5.92 Å². The van der Waals surface area contributed by atoms with Crippen LogP contribution >= 0.6 is 0 Å². The first-order valence-corrected chi connectivity index (χ1v) is 9.83. The van der Waals surface area contributed by atoms with E-state index in [9.17, 15) is 4.79 Å². The zero-order valence-corrected chi connectivity index (χ0v) is 16.6. The fourth-order valence-electron chi connectivity index (χ4n) is 3.66. The summed E-state index contributed by atoms with van der Waals surface area (Å²) in [6.07, 6.45) is 6.41. The number of fused-ring (bicyclic) bond motifs is 1. The van der Waals surface area contributed by atoms with Gasteiger partial charge in [0.25, 0.3) is 5.56 Å². The number of nitrogens with zero attached hydrogens (tertiary/aromatic N) is 3. The summed E-state index contributed by atoms with van der Waals surface area (Å²) >= 11 is 0. The molecule has 0 unspecified atom stereocenters. The fourth-order valence-corrected chi connectivity index (χ4v) is 3.66. The van der Waals surface area contributed by atoms with E-state index < -0.39 is 0 Å². The van der Waals surface area contributed by atoms with Crippen molar-refractivity contribution in [2.24, 2.45) is 0 Å². The van der Waals surface area contributed by atoms with Crippen LogP contribution in [0, 0.1) is 0 Å². The molecule has 0 spiro atoms. The second-order valence-corrected chi connectivity index (χ2v) is 7.66. The molecule has 0 radical (unpaired) electrons. The Morgan fingerprint density at radius 3 is 2.75 bits per heavy atom. The van der Waals surface area contributed by atoms with Crippen molar-refractivity contribution in [1.29, 1.82) is 0 Å². The van der Waals surface area contributed by atoms with E-state index in [2.05, 4.69) is 15.0 Å². The molecule has 0 atom stereocenters. The van der Waals surface area contributed by atoms with Crippen LogP contribution in [0.2, 0.25) is 0 Å². The monoisotopic (exact) mass is 382 g/mol. The van der Waals surface area contributed by atoms with Crippen molar-refractivity contribution in [3.05, 3.63) is 46.3 Å². The Balaban J connectivity index is 1.67. The van der Waals surface area contributed by atoms with Crippen LogP contribution in [0.25, 0.3) is 11.2 Å². The number of benzene rings is 1. The fraction of sp³-hybridized carbons (Fsp3) is 0.476. The predicted molar refractivity (Wildman–Crippen MR) is 107 cm³/mol. The smallest absolute Gasteiger partial charge is 0.298 e. The molecule has 2 heterocycles. The lowest BCUT2D eigenvalue weighted by atomic mass is 10.2. The quantitative estimate of drug-likeness (QED) is 0.704. The standard InChI is InChI=1S/C21H26N4O3/c1-13(2)19-23-18-20(24-19)25(12-22-21(18)26)11-14-8-9-16(27-3)17(10-14)28-15-6-4-5-7-15/h8-10,12-13,15H,4-7,11H2,1-3H3,(H,23,24). The van der Waals surface area contributed by atoms with Crippen molar-refractivity contribution in [1.82, 2.24) is 19.5 Å². The Labute approximate surface area is 163 Å². The van der Waals surface area contributed by atoms with Gasteiger partial charge in [0.05, 0.1) is 19.8 Å². The maximum absolute atomic E-state index is 12.1. The largest absolute Gasteiger partial charge is 0.493 e. The number of hydrogen-bond acceptors (Lipinski definition) is 5. The van der Waals surface area contributed by atoms with Gasteiger partial charge in [-0.1, -0.05) is 19.9 Å². The molecule has 4 rings (SSSR count). The number of rotatable bonds is 6. The van der Waals surface area contributed by atoms with Gasteiger partial charge in [0.2, 0.25) is 0 Å². The van der Waals surface area contributed by atoms with E-state index in [-0.39, 0.29) is 17.6 Å². The van der Waals surface area contributed by atoms with Crippen molar-refractivity contribution < 1.29 is 9.47 Å². The van der Waals surface area contributed by atoms with E-state index in [0.29, 0.717) is 17.7 Å². The second-order valence-electron chi connectivity index (χ2n) is 7.66. The summed E-state index contributed by atoms with van der Waals surface area (Å²) in [5.74, 6) is 2.49. The topological polar surface area (TPSA) is 82.0 Å². The average molecular weight is 382 g/mol. The maximum Gasteiger partial charge on any atom is 0.298 e. The van der Waals surface area contributed by atoms with Crippen LogP contribution in [0.1, 0.15) is 56.8 Å². The van der Waals surface area contributed by atoms with E-state index in [1.807, 2.05) is 36.6 Å². The number of aromatic nitrogens is 4. The van der Waals surface area contributed by atoms with Crippen LogP contribution in [-0.2, 0) is 6.54 Å². The van der Waals surface area contributed by atoms with Crippen LogP contribution in [0.4, 0.5) is 0 Å². The molecule has 1 saturated carbocycles. The molecule has 1 aliphatic carbocycles. The van der Waals surface area contributed by atoms with Gasteiger partial charge >= 0.3 is 0 Å². The molecule has 1 aliphatic rings. The molecule has 2 aromatic heterocycles. The van der Waals surface area contributed by atoms with Gasteiger partial charge in [0.1, 0.15) is 12.2 Å². The minimum Gasteiger partial charge on any atom is -0.493 e. The minimum absolute atomic E-state index is 0.202. The third-order valence-corrected chi connectivity index (χ3v) is 5.23. The number of aromatic amines is 1. The molecule has 0 aliphatic heterocycles. The van der Waals surface area contributed by atoms with Gasteiger partial charge in [-0.25, -0.2) is 4.98 Å². The molecular weight excluding hydrogens is 356 g/mol. The Bertz CT molecular complexity index is 1030. The highest BCUT2D eigenvalue weighted by Crippen LogP contribution is 2.32. The molecule has 1 N–H and O–H groups in total. The molecule has 3 aromatic rings. The lowest BCUT2D eigenvalue weighted by Gasteiger charge is -2.17. The maximum atomic E-state index is 12.1. The molecule has 7 heteroatoms. The van der Waals surface area contributed by atoms with Crippen molar-refractivity contribution >= 4 is 11.2 Å². The lowest BCUT2D eigenvalue weighted by Crippen LogP contribution is -2.14. The van der Waals surface area contributed by atoms with Crippen LogP contribution in [0.15, 0.2) is 29.3 Å². The molecule has 0 saturated heterocycles. The van der Waals surface area contributed by atoms with E-state index >= 15 is 0 Å².